The minimum atomic E-state index is -1.20. The highest BCUT2D eigenvalue weighted by Crippen LogP contribution is 1.92. The molecule has 0 aliphatic heterocycles. The molecule has 1 N–H and O–H groups in total. The average Bonchev–Trinajstić information content (AvgIpc) is 1.87. The Morgan fingerprint density at radius 2 is 2.00 bits per heavy atom. The Bertz CT molecular complexity index is 141. The molecule has 0 heterocycles. The van der Waals surface area contributed by atoms with Gasteiger partial charge in [-0.15, -0.1) is 0 Å². The molecular formula is C5H8O5. The summed E-state index contributed by atoms with van der Waals surface area (Å²) in [4.78, 5) is 20.2. The molecule has 5 heteroatoms. The molecule has 0 aliphatic carbocycles. The number of carbonyl (C=O) groups excluding carboxylic acids is 1. The number of hydrogen-bond donors (Lipinski definition) is 1. The molecule has 58 valence electrons. The summed E-state index contributed by atoms with van der Waals surface area (Å²) in [6.45, 7) is 1.24. The Balaban J connectivity index is 3.68. The zero-order valence-electron chi connectivity index (χ0n) is 5.66. The van der Waals surface area contributed by atoms with Gasteiger partial charge < -0.3 is 14.6 Å². The third-order valence-corrected chi connectivity index (χ3v) is 0.787. The lowest BCUT2D eigenvalue weighted by atomic mass is 10.4. The van der Waals surface area contributed by atoms with E-state index in [4.69, 9.17) is 5.11 Å². The zero-order chi connectivity index (χ0) is 8.15. The first-order valence-corrected chi connectivity index (χ1v) is 2.55. The van der Waals surface area contributed by atoms with E-state index in [1.807, 2.05) is 0 Å². The Hall–Kier alpha value is -1.26. The molecule has 0 radical (unpaired) electrons. The van der Waals surface area contributed by atoms with E-state index in [9.17, 15) is 9.59 Å². The first kappa shape index (κ1) is 8.74. The highest BCUT2D eigenvalue weighted by molar-refractivity contribution is 5.74. The highest BCUT2D eigenvalue weighted by Gasteiger charge is 2.15. The molecule has 0 amide bonds. The Labute approximate surface area is 57.5 Å². The van der Waals surface area contributed by atoms with Crippen LogP contribution < -0.4 is 0 Å². The lowest BCUT2D eigenvalue weighted by Crippen LogP contribution is -2.23. The maximum Gasteiger partial charge on any atom is 0.508 e. The van der Waals surface area contributed by atoms with E-state index in [2.05, 4.69) is 9.47 Å². The fraction of sp³-hybridized carbons (Fsp3) is 0.600. The van der Waals surface area contributed by atoms with Crippen molar-refractivity contribution in [3.05, 3.63) is 0 Å². The maximum absolute atomic E-state index is 10.2. The predicted molar refractivity (Wildman–Crippen MR) is 30.6 cm³/mol. The molecule has 10 heavy (non-hydrogen) atoms. The summed E-state index contributed by atoms with van der Waals surface area (Å²) in [7, 11) is 1.11. The molecule has 0 aromatic rings. The second-order valence-corrected chi connectivity index (χ2v) is 1.55. The van der Waals surface area contributed by atoms with Crippen LogP contribution >= 0.6 is 0 Å². The number of ether oxygens (including phenoxy) is 2. The van der Waals surface area contributed by atoms with Crippen molar-refractivity contribution in [1.29, 1.82) is 0 Å². The van der Waals surface area contributed by atoms with Gasteiger partial charge in [0, 0.05) is 0 Å². The lowest BCUT2D eigenvalue weighted by Gasteiger charge is -2.05. The normalized spacial score (nSPS) is 11.8. The summed E-state index contributed by atoms with van der Waals surface area (Å²) in [5.41, 5.74) is 0. The first-order chi connectivity index (χ1) is 4.57. The van der Waals surface area contributed by atoms with Gasteiger partial charge in [0.15, 0.2) is 6.10 Å². The standard InChI is InChI=1S/C5H8O5/c1-3(4(6)7)10-5(8)9-2/h3H,1-2H3,(H,6,7). The fourth-order valence-corrected chi connectivity index (χ4v) is 0.243. The number of carboxylic acid groups (broad SMARTS) is 1. The molecule has 0 aromatic carbocycles. The van der Waals surface area contributed by atoms with Gasteiger partial charge in [-0.05, 0) is 6.92 Å². The van der Waals surface area contributed by atoms with E-state index < -0.39 is 18.2 Å². The van der Waals surface area contributed by atoms with Crippen LogP contribution in [0.15, 0.2) is 0 Å². The number of methoxy groups -OCH3 is 1. The van der Waals surface area contributed by atoms with Crippen LogP contribution in [-0.4, -0.2) is 30.4 Å². The van der Waals surface area contributed by atoms with Crippen LogP contribution in [0.3, 0.4) is 0 Å². The summed E-state index contributed by atoms with van der Waals surface area (Å²) >= 11 is 0. The third kappa shape index (κ3) is 2.91. The summed E-state index contributed by atoms with van der Waals surface area (Å²) < 4.78 is 8.25. The van der Waals surface area contributed by atoms with E-state index in [-0.39, 0.29) is 0 Å². The van der Waals surface area contributed by atoms with Gasteiger partial charge in [0.2, 0.25) is 0 Å². The quantitative estimate of drug-likeness (QED) is 0.568. The Morgan fingerprint density at radius 1 is 1.50 bits per heavy atom. The molecular weight excluding hydrogens is 140 g/mol. The number of rotatable bonds is 2. The third-order valence-electron chi connectivity index (χ3n) is 0.787. The molecule has 0 aromatic heterocycles. The lowest BCUT2D eigenvalue weighted by molar-refractivity contribution is -0.146. The largest absolute Gasteiger partial charge is 0.508 e. The van der Waals surface area contributed by atoms with E-state index in [1.54, 1.807) is 0 Å². The molecule has 0 aliphatic rings. The van der Waals surface area contributed by atoms with Crippen LogP contribution in [0.2, 0.25) is 0 Å². The molecule has 5 nitrogen and oxygen atoms in total. The molecule has 0 saturated heterocycles. The van der Waals surface area contributed by atoms with Crippen LogP contribution in [0.5, 0.6) is 0 Å². The van der Waals surface area contributed by atoms with Crippen molar-refractivity contribution in [2.24, 2.45) is 0 Å². The molecule has 0 saturated carbocycles. The topological polar surface area (TPSA) is 72.8 Å². The number of carbonyl (C=O) groups is 2. The second-order valence-electron chi connectivity index (χ2n) is 1.55. The van der Waals surface area contributed by atoms with Gasteiger partial charge in [0.1, 0.15) is 0 Å². The molecule has 0 rings (SSSR count). The van der Waals surface area contributed by atoms with Crippen molar-refractivity contribution in [3.63, 3.8) is 0 Å². The maximum atomic E-state index is 10.2. The van der Waals surface area contributed by atoms with E-state index >= 15 is 0 Å². The number of hydrogen-bond acceptors (Lipinski definition) is 4. The molecule has 0 fully saturated rings. The summed E-state index contributed by atoms with van der Waals surface area (Å²) in [6.07, 6.45) is -2.15. The van der Waals surface area contributed by atoms with Crippen LogP contribution in [-0.2, 0) is 14.3 Å². The van der Waals surface area contributed by atoms with Crippen molar-refractivity contribution in [2.45, 2.75) is 13.0 Å². The van der Waals surface area contributed by atoms with Crippen LogP contribution in [0.4, 0.5) is 4.79 Å². The first-order valence-electron chi connectivity index (χ1n) is 2.55. The Kier molecular flexibility index (Phi) is 3.24. The number of carboxylic acids is 1. The zero-order valence-corrected chi connectivity index (χ0v) is 5.66. The van der Waals surface area contributed by atoms with Crippen molar-refractivity contribution in [1.82, 2.24) is 0 Å². The van der Waals surface area contributed by atoms with E-state index in [0.29, 0.717) is 0 Å². The fourth-order valence-electron chi connectivity index (χ4n) is 0.243. The summed E-state index contributed by atoms with van der Waals surface area (Å²) in [6, 6.07) is 0. The predicted octanol–water partition coefficient (Wildman–Crippen LogP) is 0.242. The van der Waals surface area contributed by atoms with Crippen LogP contribution in [0.25, 0.3) is 0 Å². The summed E-state index contributed by atoms with van der Waals surface area (Å²) in [5, 5.41) is 8.19. The van der Waals surface area contributed by atoms with E-state index in [0.717, 1.165) is 7.11 Å². The van der Waals surface area contributed by atoms with Gasteiger partial charge in [-0.25, -0.2) is 9.59 Å². The van der Waals surface area contributed by atoms with Gasteiger partial charge in [-0.3, -0.25) is 0 Å². The Morgan fingerprint density at radius 3 is 2.30 bits per heavy atom. The van der Waals surface area contributed by atoms with Gasteiger partial charge in [0.05, 0.1) is 7.11 Å². The number of aliphatic carboxylic acids is 1. The average molecular weight is 148 g/mol. The van der Waals surface area contributed by atoms with Crippen molar-refractivity contribution in [2.75, 3.05) is 7.11 Å². The molecule has 1 atom stereocenters. The molecule has 1 unspecified atom stereocenters. The van der Waals surface area contributed by atoms with Crippen molar-refractivity contribution in [3.8, 4) is 0 Å². The monoisotopic (exact) mass is 148 g/mol. The highest BCUT2D eigenvalue weighted by atomic mass is 16.7. The van der Waals surface area contributed by atoms with Crippen molar-refractivity contribution < 1.29 is 24.2 Å². The van der Waals surface area contributed by atoms with Crippen LogP contribution in [0.1, 0.15) is 6.92 Å². The minimum absolute atomic E-state index is 0.991. The molecule has 0 bridgehead atoms. The van der Waals surface area contributed by atoms with Gasteiger partial charge >= 0.3 is 12.1 Å². The minimum Gasteiger partial charge on any atom is -0.479 e. The van der Waals surface area contributed by atoms with Crippen LogP contribution in [0, 0.1) is 0 Å². The molecule has 0 spiro atoms. The van der Waals surface area contributed by atoms with Gasteiger partial charge in [-0.1, -0.05) is 0 Å². The smallest absolute Gasteiger partial charge is 0.479 e. The van der Waals surface area contributed by atoms with Gasteiger partial charge in [-0.2, -0.15) is 0 Å². The SMILES string of the molecule is COC(=O)OC(C)C(=O)O. The van der Waals surface area contributed by atoms with E-state index in [1.165, 1.54) is 6.92 Å². The second kappa shape index (κ2) is 3.71. The van der Waals surface area contributed by atoms with Crippen molar-refractivity contribution >= 4 is 12.1 Å². The van der Waals surface area contributed by atoms with Gasteiger partial charge in [0.25, 0.3) is 0 Å². The summed E-state index contributed by atoms with van der Waals surface area (Å²) in [5.74, 6) is -1.20.